The molecule has 1 aliphatic heterocycles. The summed E-state index contributed by atoms with van der Waals surface area (Å²) >= 11 is 0. The minimum absolute atomic E-state index is 0.00284. The number of imidazole rings is 1. The minimum atomic E-state index is -4.01. The molecule has 2 aromatic heterocycles. The van der Waals surface area contributed by atoms with Crippen molar-refractivity contribution in [3.8, 4) is 17.2 Å². The fraction of sp³-hybridized carbons (Fsp3) is 0.174. The summed E-state index contributed by atoms with van der Waals surface area (Å²) in [5.74, 6) is 1.17. The molecule has 0 amide bonds. The van der Waals surface area contributed by atoms with Gasteiger partial charge in [-0.15, -0.1) is 0 Å². The van der Waals surface area contributed by atoms with Crippen LogP contribution in [-0.2, 0) is 14.5 Å². The fourth-order valence-electron chi connectivity index (χ4n) is 4.28. The summed E-state index contributed by atoms with van der Waals surface area (Å²) in [6.45, 7) is 3.45. The number of hydrogen-bond acceptors (Lipinski definition) is 9. The van der Waals surface area contributed by atoms with Crippen LogP contribution in [0.3, 0.4) is 0 Å². The highest BCUT2D eigenvalue weighted by molar-refractivity contribution is 7.84. The van der Waals surface area contributed by atoms with Crippen molar-refractivity contribution in [3.63, 3.8) is 0 Å². The van der Waals surface area contributed by atoms with Gasteiger partial charge in [0, 0.05) is 13.1 Å². The molecule has 0 bridgehead atoms. The summed E-state index contributed by atoms with van der Waals surface area (Å²) in [5, 5.41) is 0. The molecule has 1 saturated heterocycles. The van der Waals surface area contributed by atoms with Gasteiger partial charge < -0.3 is 20.4 Å². The zero-order valence-electron chi connectivity index (χ0n) is 19.0. The van der Waals surface area contributed by atoms with Crippen LogP contribution in [0.25, 0.3) is 16.9 Å². The molecule has 2 aromatic carbocycles. The SMILES string of the molecule is C=COS(=O)(=O)N1CC[C@@H](n2c(=O)n(-c3ccc(Oc4ccccc4)cc3)c3c(N)nc(N)nc32)C1. The van der Waals surface area contributed by atoms with E-state index in [1.165, 1.54) is 9.13 Å². The lowest BCUT2D eigenvalue weighted by Gasteiger charge is -2.15. The van der Waals surface area contributed by atoms with Crippen molar-refractivity contribution in [2.24, 2.45) is 0 Å². The normalized spacial score (nSPS) is 16.3. The lowest BCUT2D eigenvalue weighted by atomic mass is 10.2. The molecule has 13 heteroatoms. The molecule has 36 heavy (non-hydrogen) atoms. The van der Waals surface area contributed by atoms with E-state index in [0.29, 0.717) is 23.6 Å². The van der Waals surface area contributed by atoms with Crippen LogP contribution >= 0.6 is 0 Å². The van der Waals surface area contributed by atoms with Crippen LogP contribution in [0.4, 0.5) is 11.8 Å². The van der Waals surface area contributed by atoms with Gasteiger partial charge in [0.1, 0.15) is 23.3 Å². The van der Waals surface area contributed by atoms with Crippen LogP contribution in [0.1, 0.15) is 12.5 Å². The Balaban J connectivity index is 1.57. The minimum Gasteiger partial charge on any atom is -0.457 e. The predicted octanol–water partition coefficient (Wildman–Crippen LogP) is 2.19. The van der Waals surface area contributed by atoms with E-state index in [1.807, 2.05) is 30.3 Å². The smallest absolute Gasteiger partial charge is 0.384 e. The van der Waals surface area contributed by atoms with Crippen LogP contribution in [0.15, 0.2) is 72.2 Å². The molecule has 0 radical (unpaired) electrons. The molecule has 5 rings (SSSR count). The summed E-state index contributed by atoms with van der Waals surface area (Å²) in [7, 11) is -4.01. The molecule has 12 nitrogen and oxygen atoms in total. The van der Waals surface area contributed by atoms with Crippen molar-refractivity contribution in [2.45, 2.75) is 12.5 Å². The summed E-state index contributed by atoms with van der Waals surface area (Å²) in [6.07, 6.45) is 1.20. The zero-order valence-corrected chi connectivity index (χ0v) is 19.8. The number of anilines is 2. The van der Waals surface area contributed by atoms with Crippen LogP contribution in [0.2, 0.25) is 0 Å². The van der Waals surface area contributed by atoms with Gasteiger partial charge in [-0.05, 0) is 42.8 Å². The third kappa shape index (κ3) is 4.14. The lowest BCUT2D eigenvalue weighted by Crippen LogP contribution is -2.32. The summed E-state index contributed by atoms with van der Waals surface area (Å²) in [5.41, 5.74) is 12.5. The fourth-order valence-corrected chi connectivity index (χ4v) is 5.26. The maximum absolute atomic E-state index is 13.7. The Hall–Kier alpha value is -4.36. The molecule has 0 unspecified atom stereocenters. The molecular weight excluding hydrogens is 486 g/mol. The highest BCUT2D eigenvalue weighted by Gasteiger charge is 2.36. The number of nitrogen functional groups attached to an aromatic ring is 2. The average molecular weight is 510 g/mol. The zero-order chi connectivity index (χ0) is 25.4. The number of nitrogens with zero attached hydrogens (tertiary/aromatic N) is 5. The Kier molecular flexibility index (Phi) is 5.86. The number of nitrogens with two attached hydrogens (primary N) is 2. The maximum atomic E-state index is 13.7. The largest absolute Gasteiger partial charge is 0.457 e. The number of rotatable bonds is 7. The van der Waals surface area contributed by atoms with Crippen LogP contribution in [-0.4, -0.2) is 44.9 Å². The van der Waals surface area contributed by atoms with E-state index in [4.69, 9.17) is 16.2 Å². The van der Waals surface area contributed by atoms with Gasteiger partial charge in [-0.25, -0.2) is 4.79 Å². The van der Waals surface area contributed by atoms with Gasteiger partial charge in [0.2, 0.25) is 5.95 Å². The van der Waals surface area contributed by atoms with Gasteiger partial charge in [0.25, 0.3) is 0 Å². The molecule has 1 aliphatic rings. The van der Waals surface area contributed by atoms with E-state index in [2.05, 4.69) is 20.7 Å². The molecular formula is C23H23N7O5S. The first-order valence-corrected chi connectivity index (χ1v) is 12.3. The Morgan fingerprint density at radius 1 is 1.03 bits per heavy atom. The van der Waals surface area contributed by atoms with Gasteiger partial charge in [-0.2, -0.15) is 22.7 Å². The molecule has 1 fully saturated rings. The molecule has 186 valence electrons. The highest BCUT2D eigenvalue weighted by Crippen LogP contribution is 2.30. The second kappa shape index (κ2) is 9.02. The first-order valence-electron chi connectivity index (χ1n) is 11.0. The molecule has 0 spiro atoms. The first-order chi connectivity index (χ1) is 17.3. The van der Waals surface area contributed by atoms with Crippen molar-refractivity contribution in [2.75, 3.05) is 24.6 Å². The Bertz CT molecular complexity index is 1600. The monoisotopic (exact) mass is 509 g/mol. The van der Waals surface area contributed by atoms with E-state index in [1.54, 1.807) is 24.3 Å². The molecule has 0 aliphatic carbocycles. The number of hydrogen-bond donors (Lipinski definition) is 2. The predicted molar refractivity (Wildman–Crippen MR) is 134 cm³/mol. The van der Waals surface area contributed by atoms with E-state index in [-0.39, 0.29) is 36.0 Å². The topological polar surface area (TPSA) is 161 Å². The molecule has 0 saturated carbocycles. The van der Waals surface area contributed by atoms with E-state index in [0.717, 1.165) is 10.6 Å². The Morgan fingerprint density at radius 3 is 2.42 bits per heavy atom. The maximum Gasteiger partial charge on any atom is 0.384 e. The summed E-state index contributed by atoms with van der Waals surface area (Å²) in [6, 6.07) is 15.6. The lowest BCUT2D eigenvalue weighted by molar-refractivity contribution is 0.360. The van der Waals surface area contributed by atoms with Gasteiger partial charge in [0.05, 0.1) is 11.7 Å². The Labute approximate surface area is 206 Å². The van der Waals surface area contributed by atoms with Crippen molar-refractivity contribution in [1.82, 2.24) is 23.4 Å². The van der Waals surface area contributed by atoms with Gasteiger partial charge in [0.15, 0.2) is 11.5 Å². The number of para-hydroxylation sites is 1. The van der Waals surface area contributed by atoms with Crippen molar-refractivity contribution < 1.29 is 17.3 Å². The van der Waals surface area contributed by atoms with Crippen LogP contribution in [0, 0.1) is 0 Å². The summed E-state index contributed by atoms with van der Waals surface area (Å²) < 4.78 is 39.1. The van der Waals surface area contributed by atoms with Crippen LogP contribution < -0.4 is 21.9 Å². The number of fused-ring (bicyclic) bond motifs is 1. The standard InChI is InChI=1S/C23H23N7O5S/c1-2-34-36(32,33)28-13-12-16(14-28)30-21-19(20(24)26-22(25)27-21)29(23(30)31)15-8-10-18(11-9-15)35-17-6-4-3-5-7-17/h2-11,16H,1,12-14H2,(H4,24,25,26,27)/t16-/m1/s1. The molecule has 3 heterocycles. The average Bonchev–Trinajstić information content (AvgIpc) is 3.43. The first kappa shape index (κ1) is 23.4. The van der Waals surface area contributed by atoms with Gasteiger partial charge >= 0.3 is 16.0 Å². The quantitative estimate of drug-likeness (QED) is 0.356. The van der Waals surface area contributed by atoms with E-state index in [9.17, 15) is 13.2 Å². The van der Waals surface area contributed by atoms with Gasteiger partial charge in [-0.1, -0.05) is 24.8 Å². The Morgan fingerprint density at radius 2 is 1.72 bits per heavy atom. The third-order valence-corrected chi connectivity index (χ3v) is 7.17. The number of ether oxygens (including phenoxy) is 1. The molecule has 4 aromatic rings. The molecule has 1 atom stereocenters. The number of aromatic nitrogens is 4. The highest BCUT2D eigenvalue weighted by atomic mass is 32.2. The van der Waals surface area contributed by atoms with Gasteiger partial charge in [-0.3, -0.25) is 9.13 Å². The van der Waals surface area contributed by atoms with E-state index < -0.39 is 22.0 Å². The third-order valence-electron chi connectivity index (χ3n) is 5.83. The number of benzene rings is 2. The van der Waals surface area contributed by atoms with Crippen molar-refractivity contribution in [1.29, 1.82) is 0 Å². The second-order valence-electron chi connectivity index (χ2n) is 8.06. The van der Waals surface area contributed by atoms with E-state index >= 15 is 0 Å². The second-order valence-corrected chi connectivity index (χ2v) is 9.62. The van der Waals surface area contributed by atoms with Crippen molar-refractivity contribution in [3.05, 3.63) is 77.9 Å². The summed E-state index contributed by atoms with van der Waals surface area (Å²) in [4.78, 5) is 22.0. The molecule has 4 N–H and O–H groups in total. The van der Waals surface area contributed by atoms with Crippen molar-refractivity contribution >= 4 is 33.2 Å². The van der Waals surface area contributed by atoms with Crippen LogP contribution in [0.5, 0.6) is 11.5 Å².